The lowest BCUT2D eigenvalue weighted by molar-refractivity contribution is -0.132. The molecule has 0 saturated heterocycles. The zero-order valence-corrected chi connectivity index (χ0v) is 9.56. The molecule has 4 heteroatoms. The van der Waals surface area contributed by atoms with Gasteiger partial charge < -0.3 is 10.2 Å². The fourth-order valence-corrected chi connectivity index (χ4v) is 1.21. The summed E-state index contributed by atoms with van der Waals surface area (Å²) in [4.78, 5) is 11.0. The van der Waals surface area contributed by atoms with E-state index >= 15 is 0 Å². The third-order valence-electron chi connectivity index (χ3n) is 2.10. The molecule has 0 aliphatic heterocycles. The Bertz CT molecular complexity index is 361. The highest BCUT2D eigenvalue weighted by molar-refractivity contribution is 6.35. The van der Waals surface area contributed by atoms with E-state index in [1.54, 1.807) is 6.92 Å². The van der Waals surface area contributed by atoms with Gasteiger partial charge in [-0.1, -0.05) is 30.3 Å². The number of nitrogens with one attached hydrogen (secondary N) is 1. The summed E-state index contributed by atoms with van der Waals surface area (Å²) in [7, 11) is 1.34. The van der Waals surface area contributed by atoms with Crippen molar-refractivity contribution in [2.45, 2.75) is 13.3 Å². The average molecular weight is 220 g/mol. The Morgan fingerprint density at radius 1 is 1.38 bits per heavy atom. The van der Waals surface area contributed by atoms with Crippen LogP contribution in [0, 0.1) is 0 Å². The maximum Gasteiger partial charge on any atom is 0.353 e. The van der Waals surface area contributed by atoms with Crippen molar-refractivity contribution in [3.8, 4) is 0 Å². The molecule has 0 fully saturated rings. The normalized spacial score (nSPS) is 11.0. The molecule has 1 rings (SSSR count). The molecule has 1 aromatic rings. The van der Waals surface area contributed by atoms with Gasteiger partial charge in [0.15, 0.2) is 0 Å². The molecule has 86 valence electrons. The van der Waals surface area contributed by atoms with Crippen molar-refractivity contribution in [3.63, 3.8) is 0 Å². The van der Waals surface area contributed by atoms with Gasteiger partial charge in [0.05, 0.1) is 7.11 Å². The molecule has 1 aromatic carbocycles. The van der Waals surface area contributed by atoms with E-state index in [0.29, 0.717) is 12.3 Å². The van der Waals surface area contributed by atoms with Gasteiger partial charge in [0.25, 0.3) is 0 Å². The number of carbonyl (C=O) groups is 1. The van der Waals surface area contributed by atoms with Gasteiger partial charge in [-0.3, -0.25) is 0 Å². The monoisotopic (exact) mass is 220 g/mol. The van der Waals surface area contributed by atoms with E-state index in [-0.39, 0.29) is 0 Å². The smallest absolute Gasteiger partial charge is 0.353 e. The van der Waals surface area contributed by atoms with Crippen LogP contribution in [0.3, 0.4) is 0 Å². The lowest BCUT2D eigenvalue weighted by Gasteiger charge is -2.02. The lowest BCUT2D eigenvalue weighted by atomic mass is 10.2. The van der Waals surface area contributed by atoms with Gasteiger partial charge in [0.1, 0.15) is 5.71 Å². The first-order valence-corrected chi connectivity index (χ1v) is 5.13. The second-order valence-corrected chi connectivity index (χ2v) is 3.33. The van der Waals surface area contributed by atoms with Gasteiger partial charge in [0.2, 0.25) is 0 Å². The van der Waals surface area contributed by atoms with Crippen molar-refractivity contribution in [3.05, 3.63) is 35.9 Å². The van der Waals surface area contributed by atoms with Crippen LogP contribution < -0.4 is 5.43 Å². The summed E-state index contributed by atoms with van der Waals surface area (Å²) in [6, 6.07) is 10.1. The van der Waals surface area contributed by atoms with Crippen LogP contribution in [0.5, 0.6) is 0 Å². The molecule has 4 nitrogen and oxygen atoms in total. The van der Waals surface area contributed by atoms with E-state index in [1.807, 2.05) is 18.2 Å². The third kappa shape index (κ3) is 4.13. The zero-order chi connectivity index (χ0) is 11.8. The fourth-order valence-electron chi connectivity index (χ4n) is 1.21. The van der Waals surface area contributed by atoms with E-state index in [0.717, 1.165) is 6.42 Å². The predicted molar refractivity (Wildman–Crippen MR) is 63.3 cm³/mol. The van der Waals surface area contributed by atoms with Gasteiger partial charge in [-0.2, -0.15) is 5.10 Å². The Kier molecular flexibility index (Phi) is 5.05. The largest absolute Gasteiger partial charge is 0.464 e. The summed E-state index contributed by atoms with van der Waals surface area (Å²) in [6.07, 6.45) is 0.874. The number of ether oxygens (including phenoxy) is 1. The van der Waals surface area contributed by atoms with Crippen molar-refractivity contribution >= 4 is 11.7 Å². The van der Waals surface area contributed by atoms with Crippen LogP contribution >= 0.6 is 0 Å². The third-order valence-corrected chi connectivity index (χ3v) is 2.10. The highest BCUT2D eigenvalue weighted by atomic mass is 16.5. The molecule has 16 heavy (non-hydrogen) atoms. The van der Waals surface area contributed by atoms with E-state index in [4.69, 9.17) is 0 Å². The highest BCUT2D eigenvalue weighted by Crippen LogP contribution is 1.97. The molecule has 0 spiro atoms. The van der Waals surface area contributed by atoms with Gasteiger partial charge in [-0.05, 0) is 18.9 Å². The van der Waals surface area contributed by atoms with Gasteiger partial charge in [-0.15, -0.1) is 0 Å². The summed E-state index contributed by atoms with van der Waals surface area (Å²) in [5.74, 6) is -0.410. The first-order valence-electron chi connectivity index (χ1n) is 5.13. The number of esters is 1. The molecule has 0 aromatic heterocycles. The Morgan fingerprint density at radius 2 is 2.06 bits per heavy atom. The van der Waals surface area contributed by atoms with Gasteiger partial charge in [0, 0.05) is 6.54 Å². The Hall–Kier alpha value is -1.84. The zero-order valence-electron chi connectivity index (χ0n) is 9.56. The number of hydrogen-bond donors (Lipinski definition) is 1. The standard InChI is InChI=1S/C12H16N2O2/c1-10(12(15)16-2)14-13-9-8-11-6-4-3-5-7-11/h3-7,13H,8-9H2,1-2H3/b14-10-. The number of hydrogen-bond acceptors (Lipinski definition) is 4. The Balaban J connectivity index is 2.29. The van der Waals surface area contributed by atoms with Crippen molar-refractivity contribution in [1.29, 1.82) is 0 Å². The van der Waals surface area contributed by atoms with Crippen molar-refractivity contribution in [2.75, 3.05) is 13.7 Å². The second-order valence-electron chi connectivity index (χ2n) is 3.33. The molecule has 0 aliphatic rings. The number of methoxy groups -OCH3 is 1. The molecule has 0 radical (unpaired) electrons. The van der Waals surface area contributed by atoms with E-state index in [2.05, 4.69) is 27.4 Å². The molecule has 0 bridgehead atoms. The minimum atomic E-state index is -0.410. The Morgan fingerprint density at radius 3 is 2.69 bits per heavy atom. The van der Waals surface area contributed by atoms with Gasteiger partial charge >= 0.3 is 5.97 Å². The molecular formula is C12H16N2O2. The molecule has 0 aliphatic carbocycles. The number of rotatable bonds is 5. The van der Waals surface area contributed by atoms with Crippen molar-refractivity contribution < 1.29 is 9.53 Å². The quantitative estimate of drug-likeness (QED) is 0.353. The minimum Gasteiger partial charge on any atom is -0.464 e. The molecule has 0 atom stereocenters. The molecular weight excluding hydrogens is 204 g/mol. The molecule has 0 unspecified atom stereocenters. The molecule has 0 heterocycles. The first-order chi connectivity index (χ1) is 7.74. The van der Waals surface area contributed by atoms with E-state index < -0.39 is 5.97 Å². The van der Waals surface area contributed by atoms with Crippen molar-refractivity contribution in [1.82, 2.24) is 5.43 Å². The summed E-state index contributed by atoms with van der Waals surface area (Å²) in [5.41, 5.74) is 4.40. The van der Waals surface area contributed by atoms with Crippen LogP contribution in [0.2, 0.25) is 0 Å². The fraction of sp³-hybridized carbons (Fsp3) is 0.333. The van der Waals surface area contributed by atoms with Crippen LogP contribution in [0.25, 0.3) is 0 Å². The average Bonchev–Trinajstić information content (AvgIpc) is 2.34. The lowest BCUT2D eigenvalue weighted by Crippen LogP contribution is -2.18. The van der Waals surface area contributed by atoms with Gasteiger partial charge in [-0.25, -0.2) is 4.79 Å². The van der Waals surface area contributed by atoms with E-state index in [1.165, 1.54) is 12.7 Å². The summed E-state index contributed by atoms with van der Waals surface area (Å²) in [6.45, 7) is 2.31. The number of nitrogens with zero attached hydrogens (tertiary/aromatic N) is 1. The topological polar surface area (TPSA) is 50.7 Å². The number of benzene rings is 1. The summed E-state index contributed by atoms with van der Waals surface area (Å²) in [5, 5.41) is 3.90. The maximum absolute atomic E-state index is 11.0. The van der Waals surface area contributed by atoms with Crippen LogP contribution in [0.15, 0.2) is 35.4 Å². The SMILES string of the molecule is COC(=O)/C(C)=N\NCCc1ccccc1. The Labute approximate surface area is 95.3 Å². The highest BCUT2D eigenvalue weighted by Gasteiger charge is 2.03. The van der Waals surface area contributed by atoms with Crippen LogP contribution in [-0.2, 0) is 16.0 Å². The van der Waals surface area contributed by atoms with Crippen LogP contribution in [0.1, 0.15) is 12.5 Å². The number of hydrazone groups is 1. The van der Waals surface area contributed by atoms with E-state index in [9.17, 15) is 4.79 Å². The predicted octanol–water partition coefficient (Wildman–Crippen LogP) is 1.37. The summed E-state index contributed by atoms with van der Waals surface area (Å²) < 4.78 is 4.52. The minimum absolute atomic E-state index is 0.329. The van der Waals surface area contributed by atoms with Crippen LogP contribution in [-0.4, -0.2) is 25.3 Å². The number of carbonyl (C=O) groups excluding carboxylic acids is 1. The molecule has 1 N–H and O–H groups in total. The van der Waals surface area contributed by atoms with Crippen molar-refractivity contribution in [2.24, 2.45) is 5.10 Å². The second kappa shape index (κ2) is 6.61. The molecule has 0 amide bonds. The molecule has 0 saturated carbocycles. The summed E-state index contributed by atoms with van der Waals surface area (Å²) >= 11 is 0. The maximum atomic E-state index is 11.0. The first kappa shape index (κ1) is 12.2. The van der Waals surface area contributed by atoms with Crippen LogP contribution in [0.4, 0.5) is 0 Å².